The van der Waals surface area contributed by atoms with Gasteiger partial charge in [-0.1, -0.05) is 0 Å². The SMILES string of the molecule is C=[N+](NC(N)=NN)c1cccc(C(=N)N)n1. The summed E-state index contributed by atoms with van der Waals surface area (Å²) in [5, 5.41) is 10.5. The number of hydrazone groups is 2. The number of nitrogen functional groups attached to an aromatic ring is 1. The second-order valence-electron chi connectivity index (χ2n) is 2.85. The van der Waals surface area contributed by atoms with Crippen molar-refractivity contribution in [2.45, 2.75) is 0 Å². The van der Waals surface area contributed by atoms with Crippen LogP contribution in [0.2, 0.25) is 0 Å². The van der Waals surface area contributed by atoms with Gasteiger partial charge in [-0.25, -0.2) is 0 Å². The Kier molecular flexibility index (Phi) is 3.38. The first-order chi connectivity index (χ1) is 7.54. The maximum atomic E-state index is 7.24. The van der Waals surface area contributed by atoms with Gasteiger partial charge in [-0.2, -0.15) is 5.43 Å². The lowest BCUT2D eigenvalue weighted by atomic mass is 10.3. The van der Waals surface area contributed by atoms with Gasteiger partial charge in [0, 0.05) is 6.07 Å². The quantitative estimate of drug-likeness (QED) is 0.137. The number of hydrogen-bond acceptors (Lipinski definition) is 4. The molecule has 0 saturated carbocycles. The van der Waals surface area contributed by atoms with Crippen LogP contribution in [0.15, 0.2) is 23.3 Å². The van der Waals surface area contributed by atoms with E-state index in [0.29, 0.717) is 11.5 Å². The molecule has 8 nitrogen and oxygen atoms in total. The molecule has 0 radical (unpaired) electrons. The Hall–Kier alpha value is -2.64. The van der Waals surface area contributed by atoms with E-state index in [1.807, 2.05) is 0 Å². The Morgan fingerprint density at radius 2 is 2.19 bits per heavy atom. The molecule has 8 N–H and O–H groups in total. The second kappa shape index (κ2) is 4.73. The number of nitrogens with one attached hydrogen (secondary N) is 2. The fraction of sp³-hybridized carbons (Fsp3) is 0. The van der Waals surface area contributed by atoms with Crippen molar-refractivity contribution in [3.63, 3.8) is 0 Å². The van der Waals surface area contributed by atoms with Gasteiger partial charge in [0.15, 0.2) is 5.84 Å². The van der Waals surface area contributed by atoms with Crippen LogP contribution in [0.4, 0.5) is 5.82 Å². The number of nitrogens with zero attached hydrogens (tertiary/aromatic N) is 3. The van der Waals surface area contributed by atoms with Crippen LogP contribution in [0.5, 0.6) is 0 Å². The highest BCUT2D eigenvalue weighted by atomic mass is 15.5. The average Bonchev–Trinajstić information content (AvgIpc) is 2.28. The van der Waals surface area contributed by atoms with E-state index in [-0.39, 0.29) is 11.8 Å². The lowest BCUT2D eigenvalue weighted by molar-refractivity contribution is -0.482. The highest BCUT2D eigenvalue weighted by Crippen LogP contribution is 2.05. The Morgan fingerprint density at radius 1 is 1.50 bits per heavy atom. The van der Waals surface area contributed by atoms with Crippen molar-refractivity contribution in [1.82, 2.24) is 10.4 Å². The van der Waals surface area contributed by atoms with Crippen molar-refractivity contribution in [2.75, 3.05) is 0 Å². The van der Waals surface area contributed by atoms with Gasteiger partial charge < -0.3 is 17.3 Å². The van der Waals surface area contributed by atoms with E-state index in [0.717, 1.165) is 0 Å². The molecule has 0 saturated heterocycles. The largest absolute Gasteiger partial charge is 0.380 e. The normalized spacial score (nSPS) is 10.9. The molecule has 0 spiro atoms. The minimum Gasteiger partial charge on any atom is -0.380 e. The van der Waals surface area contributed by atoms with Gasteiger partial charge in [0.25, 0.3) is 0 Å². The Labute approximate surface area is 91.9 Å². The number of nitrogens with two attached hydrogens (primary N) is 3. The van der Waals surface area contributed by atoms with Gasteiger partial charge in [0.05, 0.1) is 6.72 Å². The number of hydrogen-bond donors (Lipinski definition) is 5. The van der Waals surface area contributed by atoms with E-state index >= 15 is 0 Å². The van der Waals surface area contributed by atoms with Crippen LogP contribution in [0.1, 0.15) is 5.69 Å². The zero-order valence-electron chi connectivity index (χ0n) is 8.51. The minimum atomic E-state index is -0.129. The molecule has 0 atom stereocenters. The molecule has 84 valence electrons. The molecule has 0 aliphatic carbocycles. The number of rotatable bonds is 3. The zero-order chi connectivity index (χ0) is 12.1. The Morgan fingerprint density at radius 3 is 2.75 bits per heavy atom. The van der Waals surface area contributed by atoms with Crippen LogP contribution >= 0.6 is 0 Å². The van der Waals surface area contributed by atoms with Gasteiger partial charge in [0.2, 0.25) is 11.7 Å². The number of pyridine rings is 1. The van der Waals surface area contributed by atoms with Crippen molar-refractivity contribution in [2.24, 2.45) is 22.4 Å². The third kappa shape index (κ3) is 2.67. The van der Waals surface area contributed by atoms with Crippen molar-refractivity contribution in [3.05, 3.63) is 23.9 Å². The number of hydrazine groups is 1. The monoisotopic (exact) mass is 221 g/mol. The lowest BCUT2D eigenvalue weighted by Crippen LogP contribution is -2.38. The lowest BCUT2D eigenvalue weighted by Gasteiger charge is -2.03. The topological polar surface area (TPSA) is 142 Å². The summed E-state index contributed by atoms with van der Waals surface area (Å²) in [5.41, 5.74) is 13.6. The summed E-state index contributed by atoms with van der Waals surface area (Å²) in [4.78, 5) is 4.06. The van der Waals surface area contributed by atoms with Crippen LogP contribution in [0, 0.1) is 5.41 Å². The molecule has 8 heteroatoms. The summed E-state index contributed by atoms with van der Waals surface area (Å²) in [7, 11) is 0. The first-order valence-corrected chi connectivity index (χ1v) is 4.26. The van der Waals surface area contributed by atoms with E-state index < -0.39 is 0 Å². The molecule has 16 heavy (non-hydrogen) atoms. The number of guanidine groups is 1. The zero-order valence-corrected chi connectivity index (χ0v) is 8.51. The molecule has 0 amide bonds. The molecule has 1 rings (SSSR count). The molecule has 0 bridgehead atoms. The molecule has 1 heterocycles. The minimum absolute atomic E-state index is 0.00923. The fourth-order valence-corrected chi connectivity index (χ4v) is 0.948. The molecule has 0 aliphatic heterocycles. The van der Waals surface area contributed by atoms with Gasteiger partial charge in [-0.15, -0.1) is 9.79 Å². The maximum Gasteiger partial charge on any atom is 0.346 e. The molecule has 0 aliphatic rings. The highest BCUT2D eigenvalue weighted by Gasteiger charge is 2.12. The first-order valence-electron chi connectivity index (χ1n) is 4.26. The van der Waals surface area contributed by atoms with Crippen molar-refractivity contribution < 1.29 is 4.68 Å². The fourth-order valence-electron chi connectivity index (χ4n) is 0.948. The van der Waals surface area contributed by atoms with E-state index in [1.165, 1.54) is 4.68 Å². The summed E-state index contributed by atoms with van der Waals surface area (Å²) in [6.07, 6.45) is 0. The van der Waals surface area contributed by atoms with Gasteiger partial charge in [0.1, 0.15) is 0 Å². The van der Waals surface area contributed by atoms with Crippen molar-refractivity contribution >= 4 is 24.3 Å². The highest BCUT2D eigenvalue weighted by molar-refractivity contribution is 5.93. The standard InChI is InChI=1S/C8H13N8/c1-16(15-8(11)14-12)6-4-2-3-5(13-6)7(9)10/h2-4H,1,12H2,(H3,9,10)(H3,11,14,15)/q+1. The molecule has 0 aromatic carbocycles. The third-order valence-corrected chi connectivity index (χ3v) is 1.68. The van der Waals surface area contributed by atoms with E-state index in [9.17, 15) is 0 Å². The number of aromatic nitrogens is 1. The van der Waals surface area contributed by atoms with Gasteiger partial charge >= 0.3 is 5.82 Å². The molecule has 1 aromatic rings. The predicted molar refractivity (Wildman–Crippen MR) is 61.2 cm³/mol. The van der Waals surface area contributed by atoms with E-state index in [4.69, 9.17) is 22.7 Å². The predicted octanol–water partition coefficient (Wildman–Crippen LogP) is -1.60. The average molecular weight is 221 g/mol. The van der Waals surface area contributed by atoms with E-state index in [1.54, 1.807) is 18.2 Å². The van der Waals surface area contributed by atoms with Gasteiger partial charge in [-0.3, -0.25) is 5.41 Å². The Bertz CT molecular complexity index is 449. The molecular weight excluding hydrogens is 208 g/mol. The molecule has 0 unspecified atom stereocenters. The van der Waals surface area contributed by atoms with Crippen LogP contribution in [0.25, 0.3) is 0 Å². The smallest absolute Gasteiger partial charge is 0.346 e. The Balaban J connectivity index is 2.92. The van der Waals surface area contributed by atoms with Crippen molar-refractivity contribution in [3.8, 4) is 0 Å². The van der Waals surface area contributed by atoms with Crippen LogP contribution in [-0.2, 0) is 0 Å². The molecule has 0 fully saturated rings. The summed E-state index contributed by atoms with van der Waals surface area (Å²) in [5.74, 6) is 5.24. The maximum absolute atomic E-state index is 7.24. The number of amidine groups is 1. The van der Waals surface area contributed by atoms with Crippen LogP contribution in [0.3, 0.4) is 0 Å². The third-order valence-electron chi connectivity index (χ3n) is 1.68. The summed E-state index contributed by atoms with van der Waals surface area (Å²) < 4.78 is 1.26. The van der Waals surface area contributed by atoms with Gasteiger partial charge in [-0.05, 0) is 17.1 Å². The van der Waals surface area contributed by atoms with Crippen LogP contribution < -0.4 is 22.7 Å². The summed E-state index contributed by atoms with van der Waals surface area (Å²) >= 11 is 0. The molecule has 1 aromatic heterocycles. The summed E-state index contributed by atoms with van der Waals surface area (Å²) in [6.45, 7) is 3.63. The van der Waals surface area contributed by atoms with E-state index in [2.05, 4.69) is 22.2 Å². The first kappa shape index (κ1) is 11.4. The summed E-state index contributed by atoms with van der Waals surface area (Å²) in [6, 6.07) is 4.96. The van der Waals surface area contributed by atoms with Crippen LogP contribution in [-0.4, -0.2) is 28.2 Å². The molecular formula is C8H13N8+. The van der Waals surface area contributed by atoms with Crippen molar-refractivity contribution in [1.29, 1.82) is 5.41 Å². The second-order valence-corrected chi connectivity index (χ2v) is 2.85.